The number of hydrogen-bond donors (Lipinski definition) is 2. The Hall–Kier alpha value is -5.12. The molecule has 1 unspecified atom stereocenters. The van der Waals surface area contributed by atoms with Crippen LogP contribution in [0.1, 0.15) is 84.2 Å². The maximum absolute atomic E-state index is 14.1. The molecule has 1 atom stereocenters. The highest BCUT2D eigenvalue weighted by Gasteiger charge is 2.38. The molecule has 2 aromatic carbocycles. The third kappa shape index (κ3) is 6.98. The van der Waals surface area contributed by atoms with E-state index in [1.807, 2.05) is 11.7 Å². The first-order chi connectivity index (χ1) is 25.8. The number of anilines is 3. The molecule has 0 radical (unpaired) electrons. The molecule has 16 heteroatoms. The Labute approximate surface area is 307 Å². The molecule has 1 saturated carbocycles. The summed E-state index contributed by atoms with van der Waals surface area (Å²) in [5.74, 6) is -0.533. The van der Waals surface area contributed by atoms with Gasteiger partial charge in [-0.05, 0) is 80.0 Å². The van der Waals surface area contributed by atoms with E-state index in [2.05, 4.69) is 53.6 Å². The summed E-state index contributed by atoms with van der Waals surface area (Å²) in [6.45, 7) is 3.54. The van der Waals surface area contributed by atoms with Gasteiger partial charge in [-0.3, -0.25) is 24.4 Å². The Morgan fingerprint density at radius 2 is 1.78 bits per heavy atom. The van der Waals surface area contributed by atoms with Crippen molar-refractivity contribution in [3.05, 3.63) is 77.2 Å². The van der Waals surface area contributed by atoms with Crippen LogP contribution in [0.2, 0.25) is 0 Å². The number of aromatic nitrogens is 3. The average Bonchev–Trinajstić information content (AvgIpc) is 3.69. The summed E-state index contributed by atoms with van der Waals surface area (Å²) in [5, 5.41) is 9.93. The van der Waals surface area contributed by atoms with Gasteiger partial charge in [-0.1, -0.05) is 12.1 Å². The highest BCUT2D eigenvalue weighted by Crippen LogP contribution is 2.42. The number of hydrogen-bond acceptors (Lipinski definition) is 8. The highest BCUT2D eigenvalue weighted by molar-refractivity contribution is 6.04. The fourth-order valence-electron chi connectivity index (χ4n) is 8.34. The lowest BCUT2D eigenvalue weighted by Gasteiger charge is -2.43. The number of piperidine rings is 1. The van der Waals surface area contributed by atoms with E-state index in [0.29, 0.717) is 42.2 Å². The summed E-state index contributed by atoms with van der Waals surface area (Å²) < 4.78 is 69.3. The maximum Gasteiger partial charge on any atom is 0.433 e. The van der Waals surface area contributed by atoms with Gasteiger partial charge in [-0.25, -0.2) is 13.8 Å². The number of fused-ring (bicyclic) bond motifs is 2. The van der Waals surface area contributed by atoms with Crippen molar-refractivity contribution in [1.29, 1.82) is 0 Å². The number of imide groups is 1. The van der Waals surface area contributed by atoms with Crippen molar-refractivity contribution >= 4 is 45.7 Å². The zero-order chi connectivity index (χ0) is 37.9. The Bertz CT molecular complexity index is 2110. The highest BCUT2D eigenvalue weighted by atomic mass is 19.4. The third-order valence-electron chi connectivity index (χ3n) is 11.3. The van der Waals surface area contributed by atoms with Crippen LogP contribution < -0.4 is 20.4 Å². The number of alkyl halides is 5. The minimum atomic E-state index is -4.76. The number of amides is 3. The van der Waals surface area contributed by atoms with E-state index in [0.717, 1.165) is 74.9 Å². The van der Waals surface area contributed by atoms with Crippen LogP contribution in [0.4, 0.5) is 39.0 Å². The predicted octanol–water partition coefficient (Wildman–Crippen LogP) is 6.49. The van der Waals surface area contributed by atoms with Crippen molar-refractivity contribution in [1.82, 2.24) is 25.0 Å². The summed E-state index contributed by atoms with van der Waals surface area (Å²) >= 11 is 0. The van der Waals surface area contributed by atoms with Gasteiger partial charge in [0.05, 0.1) is 35.3 Å². The first-order valence-corrected chi connectivity index (χ1v) is 18.1. The monoisotopic (exact) mass is 750 g/mol. The molecule has 11 nitrogen and oxygen atoms in total. The van der Waals surface area contributed by atoms with E-state index >= 15 is 0 Å². The van der Waals surface area contributed by atoms with Crippen LogP contribution in [-0.4, -0.2) is 76.8 Å². The second kappa shape index (κ2) is 13.9. The molecule has 4 aliphatic rings. The van der Waals surface area contributed by atoms with E-state index in [1.165, 1.54) is 17.7 Å². The van der Waals surface area contributed by atoms with Crippen LogP contribution in [-0.2, 0) is 15.8 Å². The van der Waals surface area contributed by atoms with Gasteiger partial charge in [0.1, 0.15) is 17.4 Å². The molecule has 2 aromatic heterocycles. The molecule has 1 aliphatic carbocycles. The zero-order valence-electron chi connectivity index (χ0n) is 29.5. The summed E-state index contributed by atoms with van der Waals surface area (Å²) in [5.41, 5.74) is 1.25. The zero-order valence-corrected chi connectivity index (χ0v) is 29.5. The number of halogens is 5. The molecule has 3 fully saturated rings. The topological polar surface area (TPSA) is 116 Å². The van der Waals surface area contributed by atoms with E-state index in [1.54, 1.807) is 6.20 Å². The molecule has 3 amide bonds. The number of likely N-dealkylation sites (tertiary alicyclic amines) is 1. The molecule has 4 aromatic rings. The second-order valence-corrected chi connectivity index (χ2v) is 14.9. The van der Waals surface area contributed by atoms with Crippen LogP contribution in [0.25, 0.3) is 10.9 Å². The van der Waals surface area contributed by atoms with E-state index < -0.39 is 35.5 Å². The molecular weight excluding hydrogens is 711 g/mol. The molecule has 2 saturated heterocycles. The first-order valence-electron chi connectivity index (χ1n) is 18.1. The van der Waals surface area contributed by atoms with Gasteiger partial charge in [0.15, 0.2) is 0 Å². The molecule has 3 aliphatic heterocycles. The number of carbonyl (C=O) groups is 3. The summed E-state index contributed by atoms with van der Waals surface area (Å²) in [4.78, 5) is 47.1. The SMILES string of the molecule is CN1CN(C2CCC(=O)NC2=O)c2ccc(C3CN(C[C@H]4CC[C@H](n5cc6cc(NC(=O)c7cccc(C(F)(F)F)n7)c(C(F)F)cc6n5)CC4)C3)cc21. The fourth-order valence-corrected chi connectivity index (χ4v) is 8.34. The Balaban J connectivity index is 0.859. The number of pyridine rings is 1. The minimum absolute atomic E-state index is 0.0864. The lowest BCUT2D eigenvalue weighted by molar-refractivity contribution is -0.141. The fraction of sp³-hybridized carbons (Fsp3) is 0.447. The van der Waals surface area contributed by atoms with Gasteiger partial charge in [-0.15, -0.1) is 0 Å². The summed E-state index contributed by atoms with van der Waals surface area (Å²) in [6.07, 6.45) is -1.35. The van der Waals surface area contributed by atoms with Gasteiger partial charge in [-0.2, -0.15) is 18.3 Å². The Morgan fingerprint density at radius 1 is 1.00 bits per heavy atom. The second-order valence-electron chi connectivity index (χ2n) is 14.9. The standard InChI is InChI=1S/C38H39F5N8O3/c1-48-20-50(31-11-12-34(52)46-37(31)54)30-10-7-22(14-32(30)48)24-17-49(18-24)16-21-5-8-25(9-6-21)51-19-23-13-29(26(35(39)40)15-28(23)47-51)45-36(53)27-3-2-4-33(44-27)38(41,42)43/h2-4,7,10,13-15,19,21,24-25,31,35H,5-6,8-9,11-12,16-18,20H2,1H3,(H,45,53)(H,46,52,54)/t21-,25-,31?. The van der Waals surface area contributed by atoms with E-state index in [4.69, 9.17) is 0 Å². The molecule has 0 spiro atoms. The van der Waals surface area contributed by atoms with Gasteiger partial charge in [0.25, 0.3) is 12.3 Å². The normalized spacial score (nSPS) is 22.5. The molecule has 0 bridgehead atoms. The van der Waals surface area contributed by atoms with Crippen LogP contribution in [0.5, 0.6) is 0 Å². The smallest absolute Gasteiger partial charge is 0.355 e. The maximum atomic E-state index is 14.1. The van der Waals surface area contributed by atoms with Crippen LogP contribution in [0.3, 0.4) is 0 Å². The number of benzene rings is 2. The van der Waals surface area contributed by atoms with E-state index in [9.17, 15) is 36.3 Å². The van der Waals surface area contributed by atoms with Gasteiger partial charge in [0, 0.05) is 56.2 Å². The van der Waals surface area contributed by atoms with Crippen molar-refractivity contribution in [2.75, 3.05) is 48.5 Å². The third-order valence-corrected chi connectivity index (χ3v) is 11.3. The van der Waals surface area contributed by atoms with Gasteiger partial charge < -0.3 is 20.0 Å². The molecular formula is C38H39F5N8O3. The van der Waals surface area contributed by atoms with Crippen LogP contribution in [0, 0.1) is 5.92 Å². The quantitative estimate of drug-likeness (QED) is 0.155. The number of rotatable bonds is 8. The van der Waals surface area contributed by atoms with Gasteiger partial charge in [0.2, 0.25) is 11.8 Å². The van der Waals surface area contributed by atoms with Crippen molar-refractivity contribution in [2.45, 2.75) is 69.1 Å². The van der Waals surface area contributed by atoms with Gasteiger partial charge >= 0.3 is 6.18 Å². The lowest BCUT2D eigenvalue weighted by atomic mass is 9.83. The lowest BCUT2D eigenvalue weighted by Crippen LogP contribution is -2.53. The molecule has 8 rings (SSSR count). The Kier molecular flexibility index (Phi) is 9.26. The number of nitrogens with zero attached hydrogens (tertiary/aromatic N) is 6. The molecule has 2 N–H and O–H groups in total. The first kappa shape index (κ1) is 35.9. The largest absolute Gasteiger partial charge is 0.433 e. The van der Waals surface area contributed by atoms with Crippen LogP contribution in [0.15, 0.2) is 54.7 Å². The van der Waals surface area contributed by atoms with E-state index in [-0.39, 0.29) is 29.6 Å². The predicted molar refractivity (Wildman–Crippen MR) is 190 cm³/mol. The minimum Gasteiger partial charge on any atom is -0.355 e. The van der Waals surface area contributed by atoms with Crippen molar-refractivity contribution < 1.29 is 36.3 Å². The van der Waals surface area contributed by atoms with Crippen molar-refractivity contribution in [3.8, 4) is 0 Å². The Morgan fingerprint density at radius 3 is 2.50 bits per heavy atom. The number of nitrogens with one attached hydrogen (secondary N) is 2. The van der Waals surface area contributed by atoms with Crippen molar-refractivity contribution in [2.24, 2.45) is 5.92 Å². The molecule has 54 heavy (non-hydrogen) atoms. The molecule has 5 heterocycles. The average molecular weight is 751 g/mol. The summed E-state index contributed by atoms with van der Waals surface area (Å²) in [6, 6.07) is 11.7. The summed E-state index contributed by atoms with van der Waals surface area (Å²) in [7, 11) is 2.02. The van der Waals surface area contributed by atoms with Crippen LogP contribution >= 0.6 is 0 Å². The molecule has 284 valence electrons. The number of carbonyl (C=O) groups excluding carboxylic acids is 3. The van der Waals surface area contributed by atoms with Crippen molar-refractivity contribution in [3.63, 3.8) is 0 Å².